The van der Waals surface area contributed by atoms with E-state index in [2.05, 4.69) is 10.1 Å². The molecule has 1 rings (SSSR count). The standard InChI is InChI=1S/C7H9N.C3H6O2/c1-8-7-5-3-2-4-6-7;1-3(4)5-2/h2-6,8H,1H3;1-2H3. The minimum absolute atomic E-state index is 0.245. The molecule has 13 heavy (non-hydrogen) atoms. The third-order valence-corrected chi connectivity index (χ3v) is 1.35. The highest BCUT2D eigenvalue weighted by Crippen LogP contribution is 2.01. The first-order valence-corrected chi connectivity index (χ1v) is 3.98. The normalized spacial score (nSPS) is 7.92. The van der Waals surface area contributed by atoms with E-state index < -0.39 is 0 Å². The maximum Gasteiger partial charge on any atom is 0.302 e. The lowest BCUT2D eigenvalue weighted by atomic mass is 10.3. The predicted molar refractivity (Wildman–Crippen MR) is 53.7 cm³/mol. The second kappa shape index (κ2) is 7.16. The molecule has 1 N–H and O–H groups in total. The van der Waals surface area contributed by atoms with Crippen LogP contribution in [0, 0.1) is 0 Å². The van der Waals surface area contributed by atoms with Crippen LogP contribution in [0.4, 0.5) is 5.69 Å². The predicted octanol–water partition coefficient (Wildman–Crippen LogP) is 1.91. The number of para-hydroxylation sites is 1. The molecule has 0 saturated heterocycles. The van der Waals surface area contributed by atoms with Crippen LogP contribution < -0.4 is 5.32 Å². The summed E-state index contributed by atoms with van der Waals surface area (Å²) in [4.78, 5) is 9.59. The molecule has 0 bridgehead atoms. The maximum absolute atomic E-state index is 9.59. The Morgan fingerprint density at radius 1 is 1.31 bits per heavy atom. The summed E-state index contributed by atoms with van der Waals surface area (Å²) in [6.07, 6.45) is 0. The number of nitrogens with one attached hydrogen (secondary N) is 1. The first kappa shape index (κ1) is 11.5. The molecule has 1 aromatic rings. The van der Waals surface area contributed by atoms with Gasteiger partial charge in [0.25, 0.3) is 0 Å². The lowest BCUT2D eigenvalue weighted by molar-refractivity contribution is -0.137. The minimum Gasteiger partial charge on any atom is -0.469 e. The van der Waals surface area contributed by atoms with Crippen LogP contribution in [0.2, 0.25) is 0 Å². The van der Waals surface area contributed by atoms with Gasteiger partial charge in [-0.3, -0.25) is 4.79 Å². The summed E-state index contributed by atoms with van der Waals surface area (Å²) < 4.78 is 4.11. The second-order valence-corrected chi connectivity index (χ2v) is 2.31. The highest BCUT2D eigenvalue weighted by atomic mass is 16.5. The molecule has 0 amide bonds. The van der Waals surface area contributed by atoms with Crippen LogP contribution in [0.1, 0.15) is 6.92 Å². The van der Waals surface area contributed by atoms with Crippen LogP contribution >= 0.6 is 0 Å². The van der Waals surface area contributed by atoms with Crippen molar-refractivity contribution in [2.45, 2.75) is 6.92 Å². The van der Waals surface area contributed by atoms with Crippen LogP contribution in [0.25, 0.3) is 0 Å². The van der Waals surface area contributed by atoms with Crippen LogP contribution in [0.5, 0.6) is 0 Å². The van der Waals surface area contributed by atoms with E-state index in [1.165, 1.54) is 14.0 Å². The molecule has 0 heterocycles. The SMILES string of the molecule is CNc1ccccc1.COC(C)=O. The second-order valence-electron chi connectivity index (χ2n) is 2.31. The van der Waals surface area contributed by atoms with Gasteiger partial charge in [-0.05, 0) is 12.1 Å². The van der Waals surface area contributed by atoms with Crippen molar-refractivity contribution >= 4 is 11.7 Å². The third kappa shape index (κ3) is 6.87. The van der Waals surface area contributed by atoms with E-state index in [9.17, 15) is 4.79 Å². The Hall–Kier alpha value is -1.51. The summed E-state index contributed by atoms with van der Waals surface area (Å²) in [6.45, 7) is 1.36. The van der Waals surface area contributed by atoms with Crippen molar-refractivity contribution in [3.63, 3.8) is 0 Å². The van der Waals surface area contributed by atoms with Gasteiger partial charge < -0.3 is 10.1 Å². The summed E-state index contributed by atoms with van der Waals surface area (Å²) in [6, 6.07) is 10.1. The van der Waals surface area contributed by atoms with Gasteiger partial charge in [0.2, 0.25) is 0 Å². The van der Waals surface area contributed by atoms with Gasteiger partial charge in [0.05, 0.1) is 7.11 Å². The van der Waals surface area contributed by atoms with Crippen LogP contribution in [-0.2, 0) is 9.53 Å². The molecule has 0 aliphatic rings. The molecule has 0 unspecified atom stereocenters. The number of ether oxygens (including phenoxy) is 1. The molecule has 0 aliphatic carbocycles. The number of methoxy groups -OCH3 is 1. The van der Waals surface area contributed by atoms with Gasteiger partial charge in [0, 0.05) is 19.7 Å². The van der Waals surface area contributed by atoms with Crippen LogP contribution in [0.15, 0.2) is 30.3 Å². The van der Waals surface area contributed by atoms with Gasteiger partial charge in [0.1, 0.15) is 0 Å². The Kier molecular flexibility index (Phi) is 6.32. The topological polar surface area (TPSA) is 38.3 Å². The Bertz CT molecular complexity index is 234. The van der Waals surface area contributed by atoms with Crippen molar-refractivity contribution in [3.05, 3.63) is 30.3 Å². The van der Waals surface area contributed by atoms with Gasteiger partial charge in [-0.25, -0.2) is 0 Å². The van der Waals surface area contributed by atoms with Crippen molar-refractivity contribution in [2.24, 2.45) is 0 Å². The largest absolute Gasteiger partial charge is 0.469 e. The Balaban J connectivity index is 0.000000252. The average molecular weight is 181 g/mol. The average Bonchev–Trinajstić information content (AvgIpc) is 2.20. The summed E-state index contributed by atoms with van der Waals surface area (Å²) in [5.41, 5.74) is 1.16. The lowest BCUT2D eigenvalue weighted by Gasteiger charge is -1.94. The molecule has 1 aromatic carbocycles. The highest BCUT2D eigenvalue weighted by molar-refractivity contribution is 5.65. The zero-order chi connectivity index (χ0) is 10.1. The first-order valence-electron chi connectivity index (χ1n) is 3.98. The zero-order valence-electron chi connectivity index (χ0n) is 8.20. The van der Waals surface area contributed by atoms with Crippen LogP contribution in [-0.4, -0.2) is 20.1 Å². The molecule has 3 heteroatoms. The summed E-state index contributed by atoms with van der Waals surface area (Å²) >= 11 is 0. The van der Waals surface area contributed by atoms with E-state index >= 15 is 0 Å². The smallest absolute Gasteiger partial charge is 0.302 e. The summed E-state index contributed by atoms with van der Waals surface area (Å²) in [7, 11) is 3.26. The summed E-state index contributed by atoms with van der Waals surface area (Å²) in [5, 5.41) is 3.03. The van der Waals surface area contributed by atoms with Crippen molar-refractivity contribution in [1.29, 1.82) is 0 Å². The van der Waals surface area contributed by atoms with E-state index in [0.29, 0.717) is 0 Å². The number of hydrogen-bond acceptors (Lipinski definition) is 3. The molecule has 72 valence electrons. The number of hydrogen-bond donors (Lipinski definition) is 1. The number of carbonyl (C=O) groups excluding carboxylic acids is 1. The van der Waals surface area contributed by atoms with Crippen molar-refractivity contribution in [3.8, 4) is 0 Å². The van der Waals surface area contributed by atoms with E-state index in [-0.39, 0.29) is 5.97 Å². The number of carbonyl (C=O) groups is 1. The molecular formula is C10H15NO2. The quantitative estimate of drug-likeness (QED) is 0.672. The van der Waals surface area contributed by atoms with Gasteiger partial charge in [-0.15, -0.1) is 0 Å². The summed E-state index contributed by atoms with van der Waals surface area (Å²) in [5.74, 6) is -0.245. The Morgan fingerprint density at radius 2 is 1.77 bits per heavy atom. The van der Waals surface area contributed by atoms with E-state index in [1.807, 2.05) is 37.4 Å². The molecule has 0 radical (unpaired) electrons. The monoisotopic (exact) mass is 181 g/mol. The number of anilines is 1. The fourth-order valence-electron chi connectivity index (χ4n) is 0.605. The minimum atomic E-state index is -0.245. The van der Waals surface area contributed by atoms with E-state index in [1.54, 1.807) is 0 Å². The molecule has 3 nitrogen and oxygen atoms in total. The van der Waals surface area contributed by atoms with Crippen molar-refractivity contribution in [2.75, 3.05) is 19.5 Å². The fourth-order valence-corrected chi connectivity index (χ4v) is 0.605. The fraction of sp³-hybridized carbons (Fsp3) is 0.300. The Labute approximate surface area is 78.7 Å². The molecule has 0 saturated carbocycles. The molecule has 0 aliphatic heterocycles. The van der Waals surface area contributed by atoms with E-state index in [4.69, 9.17) is 0 Å². The van der Waals surface area contributed by atoms with E-state index in [0.717, 1.165) is 5.69 Å². The lowest BCUT2D eigenvalue weighted by Crippen LogP contribution is -1.88. The van der Waals surface area contributed by atoms with Crippen molar-refractivity contribution < 1.29 is 9.53 Å². The number of esters is 1. The molecule has 0 aromatic heterocycles. The van der Waals surface area contributed by atoms with Crippen molar-refractivity contribution in [1.82, 2.24) is 0 Å². The molecular weight excluding hydrogens is 166 g/mol. The third-order valence-electron chi connectivity index (χ3n) is 1.35. The number of benzene rings is 1. The molecule has 0 fully saturated rings. The van der Waals surface area contributed by atoms with Gasteiger partial charge in [0.15, 0.2) is 0 Å². The highest BCUT2D eigenvalue weighted by Gasteiger charge is 1.78. The maximum atomic E-state index is 9.59. The zero-order valence-corrected chi connectivity index (χ0v) is 8.20. The Morgan fingerprint density at radius 3 is 2.00 bits per heavy atom. The number of rotatable bonds is 1. The van der Waals surface area contributed by atoms with Gasteiger partial charge in [-0.2, -0.15) is 0 Å². The van der Waals surface area contributed by atoms with Crippen LogP contribution in [0.3, 0.4) is 0 Å². The first-order chi connectivity index (χ1) is 6.20. The van der Waals surface area contributed by atoms with Gasteiger partial charge >= 0.3 is 5.97 Å². The molecule has 0 atom stereocenters. The molecule has 0 spiro atoms. The van der Waals surface area contributed by atoms with Gasteiger partial charge in [-0.1, -0.05) is 18.2 Å².